The molecular formula is C26H33F2N3O. The van der Waals surface area contributed by atoms with Crippen molar-refractivity contribution < 1.29 is 13.6 Å². The lowest BCUT2D eigenvalue weighted by Crippen LogP contribution is -2.44. The predicted octanol–water partition coefficient (Wildman–Crippen LogP) is 5.94. The molecule has 0 radical (unpaired) electrons. The number of nitrogens with one attached hydrogen (secondary N) is 1. The van der Waals surface area contributed by atoms with Gasteiger partial charge in [0.25, 0.3) is 11.8 Å². The summed E-state index contributed by atoms with van der Waals surface area (Å²) >= 11 is 0. The molecule has 1 heterocycles. The van der Waals surface area contributed by atoms with Gasteiger partial charge in [0.05, 0.1) is 11.4 Å². The third-order valence-corrected chi connectivity index (χ3v) is 6.49. The Kier molecular flexibility index (Phi) is 7.64. The van der Waals surface area contributed by atoms with E-state index >= 15 is 0 Å². The second-order valence-electron chi connectivity index (χ2n) is 9.02. The fourth-order valence-electron chi connectivity index (χ4n) is 4.42. The monoisotopic (exact) mass is 441 g/mol. The van der Waals surface area contributed by atoms with Crippen LogP contribution in [0.25, 0.3) is 0 Å². The van der Waals surface area contributed by atoms with Gasteiger partial charge >= 0.3 is 0 Å². The van der Waals surface area contributed by atoms with Crippen LogP contribution in [0.4, 0.5) is 14.5 Å². The Bertz CT molecular complexity index is 943. The summed E-state index contributed by atoms with van der Waals surface area (Å²) in [6.45, 7) is 6.78. The molecule has 2 aliphatic rings. The molecule has 2 unspecified atom stereocenters. The largest absolute Gasteiger partial charge is 0.397 e. The molecule has 1 amide bonds. The van der Waals surface area contributed by atoms with E-state index in [0.717, 1.165) is 43.0 Å². The van der Waals surface area contributed by atoms with Crippen LogP contribution in [-0.4, -0.2) is 23.6 Å². The van der Waals surface area contributed by atoms with E-state index in [9.17, 15) is 13.6 Å². The standard InChI is InChI=1S/C26H33F2N3O/c1-4-18(13-14-24(29)26(3,27)28)15-19-16-23(30-22-12-8-6-10-20(19)22)25(32)31-21-11-7-5-9-17(21)2/h4,6,8,10,12-14,17,19,21H,1,5,7,9,11,15-16,29H2,2-3H3,(H,31,32)/b18-13+,24-14-/t17-,19?,21?/m0/s1. The Balaban J connectivity index is 1.80. The molecule has 0 bridgehead atoms. The predicted molar refractivity (Wildman–Crippen MR) is 126 cm³/mol. The van der Waals surface area contributed by atoms with E-state index < -0.39 is 11.6 Å². The Morgan fingerprint density at radius 2 is 2.00 bits per heavy atom. The maximum absolute atomic E-state index is 13.4. The van der Waals surface area contributed by atoms with Gasteiger partial charge in [-0.25, -0.2) is 13.8 Å². The molecule has 172 valence electrons. The molecular weight excluding hydrogens is 408 g/mol. The minimum atomic E-state index is -3.08. The Morgan fingerprint density at radius 1 is 1.28 bits per heavy atom. The number of hydrogen-bond acceptors (Lipinski definition) is 3. The molecule has 1 aliphatic carbocycles. The Hall–Kier alpha value is -2.76. The maximum atomic E-state index is 13.4. The van der Waals surface area contributed by atoms with E-state index in [4.69, 9.17) is 5.73 Å². The van der Waals surface area contributed by atoms with E-state index in [2.05, 4.69) is 23.8 Å². The number of benzene rings is 1. The van der Waals surface area contributed by atoms with Crippen molar-refractivity contribution in [2.45, 2.75) is 70.3 Å². The molecule has 0 spiro atoms. The van der Waals surface area contributed by atoms with Crippen molar-refractivity contribution in [1.82, 2.24) is 5.32 Å². The molecule has 1 aliphatic heterocycles. The van der Waals surface area contributed by atoms with E-state index in [1.165, 1.54) is 12.5 Å². The van der Waals surface area contributed by atoms with Gasteiger partial charge in [0.15, 0.2) is 0 Å². The first-order valence-electron chi connectivity index (χ1n) is 11.3. The average molecular weight is 442 g/mol. The van der Waals surface area contributed by atoms with Crippen molar-refractivity contribution >= 4 is 17.3 Å². The smallest absolute Gasteiger partial charge is 0.284 e. The number of carbonyl (C=O) groups excluding carboxylic acids is 1. The number of carbonyl (C=O) groups is 1. The van der Waals surface area contributed by atoms with Crippen LogP contribution in [0.1, 0.15) is 63.9 Å². The minimum absolute atomic E-state index is 0.00533. The first-order valence-corrected chi connectivity index (χ1v) is 11.3. The van der Waals surface area contributed by atoms with Crippen LogP contribution in [0.5, 0.6) is 0 Å². The number of allylic oxidation sites excluding steroid dienone is 5. The number of halogens is 2. The number of hydrogen-bond donors (Lipinski definition) is 2. The maximum Gasteiger partial charge on any atom is 0.284 e. The van der Waals surface area contributed by atoms with Crippen LogP contribution in [0.3, 0.4) is 0 Å². The number of rotatable bonds is 7. The molecule has 32 heavy (non-hydrogen) atoms. The number of alkyl halides is 2. The van der Waals surface area contributed by atoms with Crippen LogP contribution in [0.2, 0.25) is 0 Å². The van der Waals surface area contributed by atoms with E-state index in [-0.39, 0.29) is 17.9 Å². The van der Waals surface area contributed by atoms with E-state index in [1.54, 1.807) is 12.2 Å². The molecule has 1 fully saturated rings. The van der Waals surface area contributed by atoms with Gasteiger partial charge in [-0.1, -0.05) is 56.7 Å². The molecule has 3 N–H and O–H groups in total. The second-order valence-corrected chi connectivity index (χ2v) is 9.02. The Labute approximate surface area is 189 Å². The van der Waals surface area contributed by atoms with Gasteiger partial charge in [-0.2, -0.15) is 0 Å². The quantitative estimate of drug-likeness (QED) is 0.514. The van der Waals surface area contributed by atoms with Gasteiger partial charge in [-0.05, 0) is 54.4 Å². The topological polar surface area (TPSA) is 67.5 Å². The number of fused-ring (bicyclic) bond motifs is 1. The average Bonchev–Trinajstić information content (AvgIpc) is 2.76. The zero-order chi connectivity index (χ0) is 23.3. The van der Waals surface area contributed by atoms with E-state index in [1.807, 2.05) is 24.3 Å². The summed E-state index contributed by atoms with van der Waals surface area (Å²) in [6.07, 6.45) is 9.97. The van der Waals surface area contributed by atoms with Crippen LogP contribution in [-0.2, 0) is 4.79 Å². The lowest BCUT2D eigenvalue weighted by molar-refractivity contribution is -0.116. The summed E-state index contributed by atoms with van der Waals surface area (Å²) in [4.78, 5) is 17.7. The fraction of sp³-hybridized carbons (Fsp3) is 0.462. The third kappa shape index (κ3) is 5.93. The number of amides is 1. The molecule has 1 aromatic carbocycles. The van der Waals surface area contributed by atoms with Crippen LogP contribution in [0, 0.1) is 5.92 Å². The lowest BCUT2D eigenvalue weighted by atomic mass is 9.83. The normalized spacial score (nSPS) is 24.4. The molecule has 3 rings (SSSR count). The van der Waals surface area contributed by atoms with E-state index in [0.29, 0.717) is 24.5 Å². The van der Waals surface area contributed by atoms with Crippen LogP contribution >= 0.6 is 0 Å². The SMILES string of the molecule is C=C/C(=C\C=C(/N)C(C)(F)F)CC1CC(C(=O)NC2CCCC[C@@H]2C)=Nc2ccccc21. The molecule has 0 aromatic heterocycles. The van der Waals surface area contributed by atoms with Crippen molar-refractivity contribution in [3.05, 3.63) is 65.9 Å². The van der Waals surface area contributed by atoms with Crippen LogP contribution in [0.15, 0.2) is 65.3 Å². The fourth-order valence-corrected chi connectivity index (χ4v) is 4.42. The highest BCUT2D eigenvalue weighted by molar-refractivity contribution is 6.40. The summed E-state index contributed by atoms with van der Waals surface area (Å²) in [5.74, 6) is -2.73. The summed E-state index contributed by atoms with van der Waals surface area (Å²) in [6, 6.07) is 7.95. The molecule has 1 saturated carbocycles. The van der Waals surface area contributed by atoms with Gasteiger partial charge < -0.3 is 11.1 Å². The summed E-state index contributed by atoms with van der Waals surface area (Å²) in [5.41, 5.74) is 8.11. The molecule has 3 atom stereocenters. The first kappa shape index (κ1) is 23.9. The zero-order valence-corrected chi connectivity index (χ0v) is 18.9. The highest BCUT2D eigenvalue weighted by atomic mass is 19.3. The summed E-state index contributed by atoms with van der Waals surface area (Å²) in [7, 11) is 0. The van der Waals surface area contributed by atoms with Crippen molar-refractivity contribution in [2.24, 2.45) is 16.6 Å². The Morgan fingerprint density at radius 3 is 2.69 bits per heavy atom. The van der Waals surface area contributed by atoms with Crippen molar-refractivity contribution in [3.8, 4) is 0 Å². The first-order chi connectivity index (χ1) is 15.2. The third-order valence-electron chi connectivity index (χ3n) is 6.49. The van der Waals surface area contributed by atoms with Gasteiger partial charge in [-0.15, -0.1) is 0 Å². The lowest BCUT2D eigenvalue weighted by Gasteiger charge is -2.31. The number of para-hydroxylation sites is 1. The van der Waals surface area contributed by atoms with Gasteiger partial charge in [0.1, 0.15) is 5.71 Å². The molecule has 6 heteroatoms. The highest BCUT2D eigenvalue weighted by Gasteiger charge is 2.30. The van der Waals surface area contributed by atoms with Gasteiger partial charge in [0, 0.05) is 19.4 Å². The molecule has 0 saturated heterocycles. The van der Waals surface area contributed by atoms with Crippen molar-refractivity contribution in [3.63, 3.8) is 0 Å². The van der Waals surface area contributed by atoms with Crippen molar-refractivity contribution in [1.29, 1.82) is 0 Å². The van der Waals surface area contributed by atoms with Crippen LogP contribution < -0.4 is 11.1 Å². The summed E-state index contributed by atoms with van der Waals surface area (Å²) in [5, 5.41) is 3.20. The molecule has 4 nitrogen and oxygen atoms in total. The summed E-state index contributed by atoms with van der Waals surface area (Å²) < 4.78 is 26.8. The minimum Gasteiger partial charge on any atom is -0.397 e. The zero-order valence-electron chi connectivity index (χ0n) is 18.9. The second kappa shape index (κ2) is 10.2. The van der Waals surface area contributed by atoms with Gasteiger partial charge in [0.2, 0.25) is 0 Å². The molecule has 1 aromatic rings. The van der Waals surface area contributed by atoms with Gasteiger partial charge in [-0.3, -0.25) is 4.79 Å². The number of nitrogens with two attached hydrogens (primary N) is 1. The van der Waals surface area contributed by atoms with Crippen molar-refractivity contribution in [2.75, 3.05) is 0 Å². The number of nitrogens with zero attached hydrogens (tertiary/aromatic N) is 1. The number of aliphatic imine (C=N–C) groups is 1. The highest BCUT2D eigenvalue weighted by Crippen LogP contribution is 2.38.